The largest absolute Gasteiger partial charge is 0.494 e. The highest BCUT2D eigenvalue weighted by Gasteiger charge is 2.23. The molecule has 0 radical (unpaired) electrons. The highest BCUT2D eigenvalue weighted by molar-refractivity contribution is 6.31. The SMILES string of the molecule is Cc1cc(OCCCC(=O)NC2CCN(C(=O)CC(C)C)CC2)ccc1Cl. The molecule has 0 atom stereocenters. The maximum atomic E-state index is 12.1. The molecule has 150 valence electrons. The molecule has 0 bridgehead atoms. The number of hydrogen-bond acceptors (Lipinski definition) is 3. The summed E-state index contributed by atoms with van der Waals surface area (Å²) in [5.41, 5.74) is 0.977. The number of hydrogen-bond donors (Lipinski definition) is 1. The average Bonchev–Trinajstić information content (AvgIpc) is 2.61. The van der Waals surface area contributed by atoms with Crippen LogP contribution < -0.4 is 10.1 Å². The van der Waals surface area contributed by atoms with E-state index in [1.54, 1.807) is 0 Å². The predicted octanol–water partition coefficient (Wildman–Crippen LogP) is 3.96. The number of rotatable bonds is 8. The summed E-state index contributed by atoms with van der Waals surface area (Å²) in [4.78, 5) is 26.1. The van der Waals surface area contributed by atoms with E-state index in [1.165, 1.54) is 0 Å². The summed E-state index contributed by atoms with van der Waals surface area (Å²) in [6.45, 7) is 8.01. The second kappa shape index (κ2) is 10.5. The predicted molar refractivity (Wildman–Crippen MR) is 108 cm³/mol. The molecule has 6 heteroatoms. The van der Waals surface area contributed by atoms with E-state index >= 15 is 0 Å². The van der Waals surface area contributed by atoms with Crippen LogP contribution in [0.15, 0.2) is 18.2 Å². The van der Waals surface area contributed by atoms with Crippen molar-refractivity contribution in [2.45, 2.75) is 58.9 Å². The summed E-state index contributed by atoms with van der Waals surface area (Å²) in [5.74, 6) is 1.44. The van der Waals surface area contributed by atoms with E-state index in [1.807, 2.05) is 30.0 Å². The molecule has 0 unspecified atom stereocenters. The molecular weight excluding hydrogens is 364 g/mol. The molecule has 1 fully saturated rings. The van der Waals surface area contributed by atoms with Crippen molar-refractivity contribution in [2.24, 2.45) is 5.92 Å². The van der Waals surface area contributed by atoms with Gasteiger partial charge in [0.1, 0.15) is 5.75 Å². The van der Waals surface area contributed by atoms with Crippen LogP contribution in [-0.4, -0.2) is 42.5 Å². The average molecular weight is 395 g/mol. The highest BCUT2D eigenvalue weighted by atomic mass is 35.5. The van der Waals surface area contributed by atoms with E-state index in [4.69, 9.17) is 16.3 Å². The number of likely N-dealkylation sites (tertiary alicyclic amines) is 1. The maximum absolute atomic E-state index is 12.1. The van der Waals surface area contributed by atoms with Gasteiger partial charge in [0.2, 0.25) is 11.8 Å². The van der Waals surface area contributed by atoms with Gasteiger partial charge in [0.25, 0.3) is 0 Å². The molecule has 1 aliphatic heterocycles. The van der Waals surface area contributed by atoms with Gasteiger partial charge in [-0.25, -0.2) is 0 Å². The Balaban J connectivity index is 1.61. The van der Waals surface area contributed by atoms with E-state index in [0.29, 0.717) is 31.8 Å². The molecule has 2 amide bonds. The number of carbonyl (C=O) groups is 2. The Hall–Kier alpha value is -1.75. The zero-order chi connectivity index (χ0) is 19.8. The summed E-state index contributed by atoms with van der Waals surface area (Å²) < 4.78 is 5.67. The molecule has 0 aliphatic carbocycles. The molecule has 27 heavy (non-hydrogen) atoms. The van der Waals surface area contributed by atoms with Crippen LogP contribution in [0.1, 0.15) is 51.5 Å². The molecule has 0 spiro atoms. The maximum Gasteiger partial charge on any atom is 0.222 e. The lowest BCUT2D eigenvalue weighted by molar-refractivity contribution is -0.133. The van der Waals surface area contributed by atoms with Gasteiger partial charge in [-0.3, -0.25) is 9.59 Å². The van der Waals surface area contributed by atoms with Crippen LogP contribution in [-0.2, 0) is 9.59 Å². The molecule has 1 aromatic rings. The van der Waals surface area contributed by atoms with E-state index in [2.05, 4.69) is 19.2 Å². The van der Waals surface area contributed by atoms with Crippen LogP contribution in [0, 0.1) is 12.8 Å². The Bertz CT molecular complexity index is 640. The first-order valence-electron chi connectivity index (χ1n) is 9.81. The third-order valence-corrected chi connectivity index (χ3v) is 5.17. The van der Waals surface area contributed by atoms with Crippen LogP contribution in [0.2, 0.25) is 5.02 Å². The van der Waals surface area contributed by atoms with E-state index < -0.39 is 0 Å². The molecule has 0 aromatic heterocycles. The second-order valence-electron chi connectivity index (χ2n) is 7.68. The van der Waals surface area contributed by atoms with Gasteiger partial charge in [0, 0.05) is 37.0 Å². The Morgan fingerprint density at radius 3 is 2.63 bits per heavy atom. The minimum absolute atomic E-state index is 0.0536. The zero-order valence-electron chi connectivity index (χ0n) is 16.6. The molecule has 1 aliphatic rings. The first-order chi connectivity index (χ1) is 12.8. The van der Waals surface area contributed by atoms with Crippen molar-refractivity contribution in [1.29, 1.82) is 0 Å². The normalized spacial score (nSPS) is 15.1. The van der Waals surface area contributed by atoms with Crippen LogP contribution in [0.3, 0.4) is 0 Å². The number of nitrogens with zero attached hydrogens (tertiary/aromatic N) is 1. The van der Waals surface area contributed by atoms with Crippen LogP contribution in [0.4, 0.5) is 0 Å². The lowest BCUT2D eigenvalue weighted by Crippen LogP contribution is -2.46. The van der Waals surface area contributed by atoms with Gasteiger partial charge in [-0.1, -0.05) is 25.4 Å². The first kappa shape index (κ1) is 21.5. The fraction of sp³-hybridized carbons (Fsp3) is 0.619. The van der Waals surface area contributed by atoms with Gasteiger partial charge in [-0.15, -0.1) is 0 Å². The number of amides is 2. The van der Waals surface area contributed by atoms with Gasteiger partial charge in [-0.2, -0.15) is 0 Å². The van der Waals surface area contributed by atoms with Crippen molar-refractivity contribution in [3.63, 3.8) is 0 Å². The van der Waals surface area contributed by atoms with E-state index in [9.17, 15) is 9.59 Å². The van der Waals surface area contributed by atoms with Gasteiger partial charge in [0.05, 0.1) is 6.61 Å². The molecular formula is C21H31ClN2O3. The molecule has 2 rings (SSSR count). The fourth-order valence-electron chi connectivity index (χ4n) is 3.18. The highest BCUT2D eigenvalue weighted by Crippen LogP contribution is 2.21. The minimum atomic E-state index is 0.0536. The molecule has 1 aromatic carbocycles. The number of nitrogens with one attached hydrogen (secondary N) is 1. The Kier molecular flexibility index (Phi) is 8.42. The topological polar surface area (TPSA) is 58.6 Å². The van der Waals surface area contributed by atoms with Crippen LogP contribution >= 0.6 is 11.6 Å². The Labute approximate surface area is 167 Å². The summed E-state index contributed by atoms with van der Waals surface area (Å²) in [5, 5.41) is 3.81. The lowest BCUT2D eigenvalue weighted by atomic mass is 10.0. The van der Waals surface area contributed by atoms with Gasteiger partial charge in [-0.05, 0) is 55.9 Å². The van der Waals surface area contributed by atoms with Crippen molar-refractivity contribution in [1.82, 2.24) is 10.2 Å². The number of aryl methyl sites for hydroxylation is 1. The van der Waals surface area contributed by atoms with Crippen molar-refractivity contribution in [2.75, 3.05) is 19.7 Å². The number of ether oxygens (including phenoxy) is 1. The molecule has 0 saturated carbocycles. The van der Waals surface area contributed by atoms with Gasteiger partial charge >= 0.3 is 0 Å². The third-order valence-electron chi connectivity index (χ3n) is 4.74. The van der Waals surface area contributed by atoms with Gasteiger partial charge in [0.15, 0.2) is 0 Å². The smallest absolute Gasteiger partial charge is 0.222 e. The molecule has 1 saturated heterocycles. The third kappa shape index (κ3) is 7.41. The van der Waals surface area contributed by atoms with Gasteiger partial charge < -0.3 is 15.0 Å². The van der Waals surface area contributed by atoms with Crippen LogP contribution in [0.5, 0.6) is 5.75 Å². The second-order valence-corrected chi connectivity index (χ2v) is 8.09. The Morgan fingerprint density at radius 2 is 2.00 bits per heavy atom. The fourth-order valence-corrected chi connectivity index (χ4v) is 3.30. The summed E-state index contributed by atoms with van der Waals surface area (Å²) in [6.07, 6.45) is 3.37. The molecule has 5 nitrogen and oxygen atoms in total. The lowest BCUT2D eigenvalue weighted by Gasteiger charge is -2.32. The van der Waals surface area contributed by atoms with E-state index in [-0.39, 0.29) is 17.9 Å². The number of benzene rings is 1. The quantitative estimate of drug-likeness (QED) is 0.679. The summed E-state index contributed by atoms with van der Waals surface area (Å²) >= 11 is 5.99. The standard InChI is InChI=1S/C21H31ClN2O3/c1-15(2)13-21(26)24-10-8-17(9-11-24)23-20(25)5-4-12-27-18-6-7-19(22)16(3)14-18/h6-7,14-15,17H,4-5,8-13H2,1-3H3,(H,23,25). The van der Waals surface area contributed by atoms with Crippen molar-refractivity contribution >= 4 is 23.4 Å². The number of piperidine rings is 1. The summed E-state index contributed by atoms with van der Waals surface area (Å²) in [7, 11) is 0. The van der Waals surface area contributed by atoms with Crippen LogP contribution in [0.25, 0.3) is 0 Å². The zero-order valence-corrected chi connectivity index (χ0v) is 17.3. The number of carbonyl (C=O) groups excluding carboxylic acids is 2. The minimum Gasteiger partial charge on any atom is -0.494 e. The molecule has 1 N–H and O–H groups in total. The monoisotopic (exact) mass is 394 g/mol. The van der Waals surface area contributed by atoms with Crippen molar-refractivity contribution in [3.05, 3.63) is 28.8 Å². The first-order valence-corrected chi connectivity index (χ1v) is 10.2. The number of halogens is 1. The molecule has 1 heterocycles. The Morgan fingerprint density at radius 1 is 1.30 bits per heavy atom. The van der Waals surface area contributed by atoms with Crippen molar-refractivity contribution in [3.8, 4) is 5.75 Å². The summed E-state index contributed by atoms with van der Waals surface area (Å²) in [6, 6.07) is 5.72. The van der Waals surface area contributed by atoms with Crippen molar-refractivity contribution < 1.29 is 14.3 Å². The van der Waals surface area contributed by atoms with E-state index in [0.717, 1.165) is 42.3 Å².